The zero-order chi connectivity index (χ0) is 19.4. The number of quaternary nitrogens is 1. The maximum absolute atomic E-state index is 11.6. The predicted octanol–water partition coefficient (Wildman–Crippen LogP) is 1.05. The van der Waals surface area contributed by atoms with Gasteiger partial charge in [0.1, 0.15) is 6.54 Å². The van der Waals surface area contributed by atoms with E-state index in [0.29, 0.717) is 17.0 Å². The van der Waals surface area contributed by atoms with E-state index in [1.165, 1.54) is 4.90 Å². The van der Waals surface area contributed by atoms with Crippen molar-refractivity contribution < 1.29 is 9.69 Å². The van der Waals surface area contributed by atoms with Crippen LogP contribution >= 0.6 is 12.2 Å². The molecule has 0 aliphatic carbocycles. The average Bonchev–Trinajstić information content (AvgIpc) is 2.97. The number of amides is 1. The predicted molar refractivity (Wildman–Crippen MR) is 106 cm³/mol. The number of benzene rings is 1. The molecule has 1 atom stereocenters. The van der Waals surface area contributed by atoms with Gasteiger partial charge in [-0.05, 0) is 36.5 Å². The van der Waals surface area contributed by atoms with Gasteiger partial charge < -0.3 is 14.8 Å². The normalized spacial score (nSPS) is 12.0. The van der Waals surface area contributed by atoms with E-state index in [9.17, 15) is 4.79 Å². The lowest BCUT2D eigenvalue weighted by Gasteiger charge is -2.14. The molecule has 0 aliphatic heterocycles. The van der Waals surface area contributed by atoms with Crippen LogP contribution in [0.5, 0.6) is 0 Å². The van der Waals surface area contributed by atoms with Gasteiger partial charge in [-0.15, -0.1) is 5.10 Å². The maximum Gasteiger partial charge on any atom is 0.251 e. The number of nitrogens with zero attached hydrogens (tertiary/aromatic N) is 4. The molecule has 0 aliphatic rings. The second kappa shape index (κ2) is 8.24. The van der Waals surface area contributed by atoms with Crippen LogP contribution in [0, 0.1) is 4.77 Å². The second-order valence-corrected chi connectivity index (χ2v) is 6.83. The molecule has 7 nitrogen and oxygen atoms in total. The van der Waals surface area contributed by atoms with E-state index < -0.39 is 0 Å². The van der Waals surface area contributed by atoms with E-state index in [0.717, 1.165) is 23.5 Å². The molecule has 2 heterocycles. The fourth-order valence-corrected chi connectivity index (χ4v) is 3.11. The molecule has 140 valence electrons. The van der Waals surface area contributed by atoms with Crippen LogP contribution in [0.3, 0.4) is 0 Å². The number of aromatic nitrogens is 4. The van der Waals surface area contributed by atoms with Gasteiger partial charge in [0, 0.05) is 43.2 Å². The molecule has 1 amide bonds. The number of rotatable bonds is 6. The second-order valence-electron chi connectivity index (χ2n) is 6.47. The molecule has 3 aromatic rings. The van der Waals surface area contributed by atoms with Gasteiger partial charge >= 0.3 is 0 Å². The first-order chi connectivity index (χ1) is 13.0. The fraction of sp³-hybridized carbons (Fsp3) is 0.263. The van der Waals surface area contributed by atoms with Crippen molar-refractivity contribution in [2.24, 2.45) is 7.05 Å². The minimum Gasteiger partial charge on any atom is -0.355 e. The molecule has 2 N–H and O–H groups in total. The largest absolute Gasteiger partial charge is 0.355 e. The summed E-state index contributed by atoms with van der Waals surface area (Å²) in [5, 5.41) is 7.31. The monoisotopic (exact) mass is 383 g/mol. The summed E-state index contributed by atoms with van der Waals surface area (Å²) in [6.07, 6.45) is 3.49. The summed E-state index contributed by atoms with van der Waals surface area (Å²) in [7, 11) is 5.65. The minimum absolute atomic E-state index is 0.0781. The van der Waals surface area contributed by atoms with E-state index in [2.05, 4.69) is 22.4 Å². The third-order valence-electron chi connectivity index (χ3n) is 4.35. The van der Waals surface area contributed by atoms with Crippen molar-refractivity contribution in [3.8, 4) is 11.4 Å². The third kappa shape index (κ3) is 4.29. The van der Waals surface area contributed by atoms with Crippen LogP contribution in [0.2, 0.25) is 0 Å². The van der Waals surface area contributed by atoms with Crippen molar-refractivity contribution in [1.29, 1.82) is 0 Å². The number of nitrogens with one attached hydrogen (secondary N) is 2. The molecule has 27 heavy (non-hydrogen) atoms. The Kier molecular flexibility index (Phi) is 5.78. The Labute approximate surface area is 163 Å². The SMILES string of the molecule is CNC(=O)c1ccc(C[NH+](C)Cn2nc(-c3ccncc3)n(C)c2=S)cc1. The molecule has 0 spiro atoms. The Hall–Kier alpha value is -2.84. The standard InChI is InChI=1S/C19H22N6OS/c1-20-18(26)16-6-4-14(5-7-16)12-23(2)13-25-19(27)24(3)17(22-25)15-8-10-21-11-9-15/h4-11H,12-13H2,1-3H3,(H,20,26)/p+1. The van der Waals surface area contributed by atoms with Crippen LogP contribution in [0.15, 0.2) is 48.8 Å². The topological polar surface area (TPSA) is 69.2 Å². The molecule has 1 unspecified atom stereocenters. The highest BCUT2D eigenvalue weighted by Gasteiger charge is 2.13. The van der Waals surface area contributed by atoms with E-state index in [1.54, 1.807) is 19.4 Å². The van der Waals surface area contributed by atoms with Crippen LogP contribution in [0.1, 0.15) is 15.9 Å². The summed E-state index contributed by atoms with van der Waals surface area (Å²) in [5.74, 6) is 0.746. The smallest absolute Gasteiger partial charge is 0.251 e. The van der Waals surface area contributed by atoms with Crippen molar-refractivity contribution in [3.05, 3.63) is 64.7 Å². The number of hydrogen-bond donors (Lipinski definition) is 2. The first-order valence-electron chi connectivity index (χ1n) is 8.66. The molecular weight excluding hydrogens is 360 g/mol. The zero-order valence-electron chi connectivity index (χ0n) is 15.6. The van der Waals surface area contributed by atoms with Crippen LogP contribution < -0.4 is 10.2 Å². The summed E-state index contributed by atoms with van der Waals surface area (Å²) in [6.45, 7) is 1.45. The average molecular weight is 384 g/mol. The molecule has 0 saturated carbocycles. The van der Waals surface area contributed by atoms with E-state index in [-0.39, 0.29) is 5.91 Å². The van der Waals surface area contributed by atoms with Crippen molar-refractivity contribution >= 4 is 18.1 Å². The lowest BCUT2D eigenvalue weighted by Crippen LogP contribution is -3.07. The first kappa shape index (κ1) is 18.9. The van der Waals surface area contributed by atoms with Crippen molar-refractivity contribution in [2.45, 2.75) is 13.2 Å². The summed E-state index contributed by atoms with van der Waals surface area (Å²) in [4.78, 5) is 16.9. The van der Waals surface area contributed by atoms with Crippen molar-refractivity contribution in [2.75, 3.05) is 14.1 Å². The van der Waals surface area contributed by atoms with Gasteiger partial charge in [0.25, 0.3) is 5.91 Å². The highest BCUT2D eigenvalue weighted by atomic mass is 32.1. The quantitative estimate of drug-likeness (QED) is 0.624. The maximum atomic E-state index is 11.6. The van der Waals surface area contributed by atoms with Crippen molar-refractivity contribution in [1.82, 2.24) is 24.6 Å². The number of hydrogen-bond acceptors (Lipinski definition) is 4. The lowest BCUT2D eigenvalue weighted by atomic mass is 10.1. The molecule has 2 aromatic heterocycles. The molecular formula is C19H23N6OS+. The fourth-order valence-electron chi connectivity index (χ4n) is 2.92. The van der Waals surface area contributed by atoms with Gasteiger partial charge in [0.15, 0.2) is 12.5 Å². The Morgan fingerprint density at radius 3 is 2.48 bits per heavy atom. The number of carbonyl (C=O) groups excluding carboxylic acids is 1. The molecule has 8 heteroatoms. The Morgan fingerprint density at radius 2 is 1.85 bits per heavy atom. The van der Waals surface area contributed by atoms with Gasteiger partial charge in [-0.25, -0.2) is 0 Å². The number of carbonyl (C=O) groups is 1. The Balaban J connectivity index is 1.72. The first-order valence-corrected chi connectivity index (χ1v) is 9.07. The van der Waals surface area contributed by atoms with Gasteiger partial charge in [-0.1, -0.05) is 12.1 Å². The van der Waals surface area contributed by atoms with Crippen molar-refractivity contribution in [3.63, 3.8) is 0 Å². The summed E-state index contributed by atoms with van der Waals surface area (Å²) in [6, 6.07) is 11.5. The molecule has 0 saturated heterocycles. The molecule has 1 aromatic carbocycles. The Morgan fingerprint density at radius 1 is 1.19 bits per heavy atom. The summed E-state index contributed by atoms with van der Waals surface area (Å²) < 4.78 is 4.44. The molecule has 0 fully saturated rings. The zero-order valence-corrected chi connectivity index (χ0v) is 16.5. The van der Waals surface area contributed by atoms with Crippen LogP contribution in [-0.4, -0.2) is 39.3 Å². The van der Waals surface area contributed by atoms with Crippen LogP contribution in [0.25, 0.3) is 11.4 Å². The van der Waals surface area contributed by atoms with Gasteiger partial charge in [0.05, 0.1) is 7.05 Å². The molecule has 0 bridgehead atoms. The van der Waals surface area contributed by atoms with Gasteiger partial charge in [-0.2, -0.15) is 4.68 Å². The van der Waals surface area contributed by atoms with E-state index in [1.807, 2.05) is 52.7 Å². The highest BCUT2D eigenvalue weighted by Crippen LogP contribution is 2.15. The van der Waals surface area contributed by atoms with Gasteiger partial charge in [-0.3, -0.25) is 9.78 Å². The lowest BCUT2D eigenvalue weighted by molar-refractivity contribution is -0.917. The Bertz CT molecular complexity index is 978. The third-order valence-corrected chi connectivity index (χ3v) is 4.83. The van der Waals surface area contributed by atoms with E-state index >= 15 is 0 Å². The van der Waals surface area contributed by atoms with Gasteiger partial charge in [0.2, 0.25) is 4.77 Å². The molecule has 0 radical (unpaired) electrons. The van der Waals surface area contributed by atoms with E-state index in [4.69, 9.17) is 12.2 Å². The summed E-state index contributed by atoms with van der Waals surface area (Å²) >= 11 is 5.55. The highest BCUT2D eigenvalue weighted by molar-refractivity contribution is 7.71. The minimum atomic E-state index is -0.0781. The van der Waals surface area contributed by atoms with Crippen LogP contribution in [-0.2, 0) is 20.3 Å². The summed E-state index contributed by atoms with van der Waals surface area (Å²) in [5.41, 5.74) is 2.80. The number of pyridine rings is 1. The molecule has 3 rings (SSSR count). The van der Waals surface area contributed by atoms with Crippen LogP contribution in [0.4, 0.5) is 0 Å².